The van der Waals surface area contributed by atoms with Crippen LogP contribution in [-0.2, 0) is 4.79 Å². The Balaban J connectivity index is 0.000000334. The molecule has 1 aromatic carbocycles. The van der Waals surface area contributed by atoms with Gasteiger partial charge in [0.05, 0.1) is 17.7 Å². The molecule has 0 bridgehead atoms. The van der Waals surface area contributed by atoms with E-state index < -0.39 is 12.1 Å². The summed E-state index contributed by atoms with van der Waals surface area (Å²) in [5.74, 6) is -0.434. The molecule has 5 rings (SSSR count). The minimum absolute atomic E-state index is 0.0185. The molecule has 1 unspecified atom stereocenters. The van der Waals surface area contributed by atoms with Crippen molar-refractivity contribution in [1.82, 2.24) is 19.5 Å². The number of aliphatic hydroxyl groups excluding tert-OH is 1. The second kappa shape index (κ2) is 8.73. The van der Waals surface area contributed by atoms with Crippen molar-refractivity contribution in [3.8, 4) is 11.3 Å². The van der Waals surface area contributed by atoms with Crippen molar-refractivity contribution in [1.29, 1.82) is 0 Å². The van der Waals surface area contributed by atoms with Crippen LogP contribution in [0.25, 0.3) is 16.9 Å². The fraction of sp³-hybridized carbons (Fsp3) is 0.364. The maximum Gasteiger partial charge on any atom is 0.306 e. The van der Waals surface area contributed by atoms with Crippen LogP contribution in [-0.4, -0.2) is 60.8 Å². The van der Waals surface area contributed by atoms with Crippen LogP contribution in [0.15, 0.2) is 42.5 Å². The number of carboxylic acid groups (broad SMARTS) is 1. The van der Waals surface area contributed by atoms with Gasteiger partial charge in [-0.2, -0.15) is 4.98 Å². The molecule has 1 atom stereocenters. The van der Waals surface area contributed by atoms with Gasteiger partial charge in [-0.05, 0) is 49.9 Å². The first kappa shape index (κ1) is 20.8. The number of nitrogen functional groups attached to an aromatic ring is 1. The van der Waals surface area contributed by atoms with Crippen LogP contribution in [0.1, 0.15) is 36.0 Å². The Bertz CT molecular complexity index is 1090. The maximum atomic E-state index is 12.6. The van der Waals surface area contributed by atoms with Crippen molar-refractivity contribution < 1.29 is 19.8 Å². The molecule has 2 fully saturated rings. The fourth-order valence-corrected chi connectivity index (χ4v) is 3.58. The summed E-state index contributed by atoms with van der Waals surface area (Å²) in [7, 11) is 0. The van der Waals surface area contributed by atoms with Crippen molar-refractivity contribution in [2.45, 2.75) is 31.8 Å². The molecular weight excluding hydrogens is 398 g/mol. The van der Waals surface area contributed by atoms with Crippen molar-refractivity contribution in [2.24, 2.45) is 5.92 Å². The van der Waals surface area contributed by atoms with Crippen LogP contribution in [0.3, 0.4) is 0 Å². The largest absolute Gasteiger partial charge is 0.481 e. The number of pyridine rings is 1. The molecule has 0 spiro atoms. The highest BCUT2D eigenvalue weighted by molar-refractivity contribution is 5.94. The van der Waals surface area contributed by atoms with Crippen LogP contribution >= 0.6 is 0 Å². The first-order chi connectivity index (χ1) is 14.9. The van der Waals surface area contributed by atoms with Gasteiger partial charge < -0.3 is 20.8 Å². The van der Waals surface area contributed by atoms with E-state index in [1.807, 2.05) is 30.3 Å². The number of benzene rings is 1. The molecule has 1 aliphatic carbocycles. The summed E-state index contributed by atoms with van der Waals surface area (Å²) in [6.07, 6.45) is 2.96. The molecule has 4 N–H and O–H groups in total. The number of rotatable bonds is 3. The van der Waals surface area contributed by atoms with E-state index in [4.69, 9.17) is 10.8 Å². The van der Waals surface area contributed by atoms with Crippen LogP contribution in [0, 0.1) is 5.92 Å². The van der Waals surface area contributed by atoms with E-state index in [-0.39, 0.29) is 17.8 Å². The highest BCUT2D eigenvalue weighted by atomic mass is 16.4. The van der Waals surface area contributed by atoms with Gasteiger partial charge in [0.2, 0.25) is 5.95 Å². The van der Waals surface area contributed by atoms with E-state index >= 15 is 0 Å². The van der Waals surface area contributed by atoms with E-state index in [0.717, 1.165) is 36.9 Å². The number of hydrogen-bond donors (Lipinski definition) is 3. The number of nitrogens with zero attached hydrogens (tertiary/aromatic N) is 4. The molecule has 31 heavy (non-hydrogen) atoms. The monoisotopic (exact) mass is 423 g/mol. The van der Waals surface area contributed by atoms with Crippen LogP contribution in [0.5, 0.6) is 0 Å². The van der Waals surface area contributed by atoms with E-state index in [0.29, 0.717) is 24.3 Å². The zero-order valence-corrected chi connectivity index (χ0v) is 17.0. The molecule has 9 heteroatoms. The number of aliphatic hydroxyl groups is 1. The molecule has 2 aromatic heterocycles. The molecule has 2 aliphatic rings. The average Bonchev–Trinajstić information content (AvgIpc) is 3.55. The van der Waals surface area contributed by atoms with Crippen molar-refractivity contribution in [3.63, 3.8) is 0 Å². The Morgan fingerprint density at radius 2 is 1.81 bits per heavy atom. The number of piperidine rings is 1. The lowest BCUT2D eigenvalue weighted by Crippen LogP contribution is -2.42. The number of hydrogen-bond acceptors (Lipinski definition) is 6. The molecule has 0 radical (unpaired) electrons. The van der Waals surface area contributed by atoms with Gasteiger partial charge in [-0.3, -0.25) is 9.59 Å². The number of carboxylic acids is 1. The highest BCUT2D eigenvalue weighted by Crippen LogP contribution is 2.28. The molecule has 1 amide bonds. The van der Waals surface area contributed by atoms with E-state index in [2.05, 4.69) is 10.1 Å². The number of carbonyl (C=O) groups excluding carboxylic acids is 1. The minimum atomic E-state index is -0.630. The lowest BCUT2D eigenvalue weighted by Gasteiger charge is -2.30. The summed E-state index contributed by atoms with van der Waals surface area (Å²) < 4.78 is 1.69. The molecule has 1 saturated heterocycles. The average molecular weight is 423 g/mol. The third-order valence-electron chi connectivity index (χ3n) is 5.41. The zero-order valence-electron chi connectivity index (χ0n) is 17.0. The van der Waals surface area contributed by atoms with Gasteiger partial charge in [0, 0.05) is 24.2 Å². The van der Waals surface area contributed by atoms with Crippen LogP contribution in [0.4, 0.5) is 5.95 Å². The van der Waals surface area contributed by atoms with Crippen LogP contribution in [0.2, 0.25) is 0 Å². The first-order valence-electron chi connectivity index (χ1n) is 10.3. The quantitative estimate of drug-likeness (QED) is 0.587. The van der Waals surface area contributed by atoms with Gasteiger partial charge in [0.25, 0.3) is 5.91 Å². The van der Waals surface area contributed by atoms with Gasteiger partial charge in [-0.25, -0.2) is 4.52 Å². The second-order valence-corrected chi connectivity index (χ2v) is 7.89. The number of aliphatic carboxylic acids is 1. The number of amides is 1. The first-order valence-corrected chi connectivity index (χ1v) is 10.3. The van der Waals surface area contributed by atoms with Crippen LogP contribution < -0.4 is 5.73 Å². The van der Waals surface area contributed by atoms with Gasteiger partial charge in [0.1, 0.15) is 0 Å². The summed E-state index contributed by atoms with van der Waals surface area (Å²) in [5, 5.41) is 22.0. The Hall–Kier alpha value is -3.46. The molecule has 3 aromatic rings. The third-order valence-corrected chi connectivity index (χ3v) is 5.41. The smallest absolute Gasteiger partial charge is 0.306 e. The van der Waals surface area contributed by atoms with E-state index in [1.54, 1.807) is 21.5 Å². The fourth-order valence-electron chi connectivity index (χ4n) is 3.58. The zero-order chi connectivity index (χ0) is 22.0. The second-order valence-electron chi connectivity index (χ2n) is 7.89. The number of β-amino-alcohol motifs (C(OH)–C–C–N with tert-alkyl or cyclic N) is 1. The van der Waals surface area contributed by atoms with Gasteiger partial charge in [0.15, 0.2) is 5.65 Å². The van der Waals surface area contributed by atoms with Crippen molar-refractivity contribution in [2.75, 3.05) is 18.8 Å². The number of fused-ring (bicyclic) bond motifs is 1. The Labute approximate surface area is 179 Å². The molecule has 3 heterocycles. The normalized spacial score (nSPS) is 18.4. The molecule has 1 saturated carbocycles. The summed E-state index contributed by atoms with van der Waals surface area (Å²) in [5.41, 5.74) is 8.75. The lowest BCUT2D eigenvalue weighted by atomic mass is 10.0. The number of anilines is 1. The summed E-state index contributed by atoms with van der Waals surface area (Å²) in [6.45, 7) is 1.09. The maximum absolute atomic E-state index is 12.6. The standard InChI is InChI=1S/C18H19N5O2.C4H6O2/c19-18-20-16-5-1-4-15(23(16)21-18)12-6-8-13(9-7-12)17(25)22-10-2-3-14(24)11-22;5-4(6)3-1-2-3/h1,4-9,14,24H,2-3,10-11H2,(H2,19,21);3H,1-2H2,(H,5,6). The third kappa shape index (κ3) is 4.83. The molecule has 1 aliphatic heterocycles. The molecule has 9 nitrogen and oxygen atoms in total. The lowest BCUT2D eigenvalue weighted by molar-refractivity contribution is -0.138. The van der Waals surface area contributed by atoms with Gasteiger partial charge in [-0.1, -0.05) is 18.2 Å². The number of aromatic nitrogens is 3. The van der Waals surface area contributed by atoms with Crippen molar-refractivity contribution >= 4 is 23.5 Å². The predicted molar refractivity (Wildman–Crippen MR) is 114 cm³/mol. The SMILES string of the molecule is Nc1nc2cccc(-c3ccc(C(=O)N4CCCC(O)C4)cc3)n2n1.O=C(O)C1CC1. The number of nitrogens with two attached hydrogens (primary N) is 1. The number of carbonyl (C=O) groups is 2. The Morgan fingerprint density at radius 1 is 1.06 bits per heavy atom. The highest BCUT2D eigenvalue weighted by Gasteiger charge is 2.28. The number of likely N-dealkylation sites (tertiary alicyclic amines) is 1. The van der Waals surface area contributed by atoms with E-state index in [1.165, 1.54) is 0 Å². The van der Waals surface area contributed by atoms with Gasteiger partial charge in [-0.15, -0.1) is 5.10 Å². The molecule has 162 valence electrons. The van der Waals surface area contributed by atoms with Crippen molar-refractivity contribution in [3.05, 3.63) is 48.0 Å². The van der Waals surface area contributed by atoms with Gasteiger partial charge >= 0.3 is 5.97 Å². The molecular formula is C22H25N5O4. The Kier molecular flexibility index (Phi) is 5.85. The minimum Gasteiger partial charge on any atom is -0.481 e. The predicted octanol–water partition coefficient (Wildman–Crippen LogP) is 2.06. The summed E-state index contributed by atoms with van der Waals surface area (Å²) in [6, 6.07) is 13.0. The topological polar surface area (TPSA) is 134 Å². The Morgan fingerprint density at radius 3 is 2.42 bits per heavy atom. The summed E-state index contributed by atoms with van der Waals surface area (Å²) in [4.78, 5) is 28.2. The summed E-state index contributed by atoms with van der Waals surface area (Å²) >= 11 is 0. The van der Waals surface area contributed by atoms with E-state index in [9.17, 15) is 14.7 Å².